The van der Waals surface area contributed by atoms with Gasteiger partial charge in [0.25, 0.3) is 0 Å². The second-order valence-electron chi connectivity index (χ2n) is 3.72. The van der Waals surface area contributed by atoms with Crippen LogP contribution < -0.4 is 0 Å². The first kappa shape index (κ1) is 13.9. The average molecular weight is 250 g/mol. The van der Waals surface area contributed by atoms with Gasteiger partial charge < -0.3 is 9.84 Å². The van der Waals surface area contributed by atoms with E-state index in [2.05, 4.69) is 4.74 Å². The second kappa shape index (κ2) is 5.95. The molecule has 18 heavy (non-hydrogen) atoms. The molecular weight excluding hydrogens is 236 g/mol. The molecule has 1 rings (SSSR count). The predicted octanol–water partition coefficient (Wildman–Crippen LogP) is 1.27. The lowest BCUT2D eigenvalue weighted by atomic mass is 10.0. The summed E-state index contributed by atoms with van der Waals surface area (Å²) in [5.41, 5.74) is 0.910. The molecule has 0 heterocycles. The smallest absolute Gasteiger partial charge is 0.374 e. The van der Waals surface area contributed by atoms with Crippen LogP contribution in [0.1, 0.15) is 29.3 Å². The van der Waals surface area contributed by atoms with Crippen molar-refractivity contribution >= 4 is 17.5 Å². The maximum absolute atomic E-state index is 11.8. The lowest BCUT2D eigenvalue weighted by molar-refractivity contribution is -0.151. The van der Waals surface area contributed by atoms with Crippen molar-refractivity contribution in [1.29, 1.82) is 0 Å². The normalized spacial score (nSPS) is 9.89. The monoisotopic (exact) mass is 250 g/mol. The van der Waals surface area contributed by atoms with E-state index in [1.54, 1.807) is 6.07 Å². The molecule has 0 spiro atoms. The fraction of sp³-hybridized carbons (Fsp3) is 0.308. The Labute approximate surface area is 104 Å². The minimum Gasteiger partial charge on any atom is -0.507 e. The van der Waals surface area contributed by atoms with Gasteiger partial charge in [0.15, 0.2) is 5.78 Å². The van der Waals surface area contributed by atoms with E-state index in [9.17, 15) is 19.5 Å². The highest BCUT2D eigenvalue weighted by atomic mass is 16.5. The van der Waals surface area contributed by atoms with E-state index in [1.807, 2.05) is 6.92 Å². The molecule has 1 aromatic rings. The van der Waals surface area contributed by atoms with E-state index in [0.717, 1.165) is 12.7 Å². The third kappa shape index (κ3) is 3.16. The fourth-order valence-electron chi connectivity index (χ4n) is 1.45. The van der Waals surface area contributed by atoms with Crippen LogP contribution >= 0.6 is 0 Å². The molecule has 0 unspecified atom stereocenters. The van der Waals surface area contributed by atoms with Crippen molar-refractivity contribution in [3.8, 4) is 5.75 Å². The highest BCUT2D eigenvalue weighted by Gasteiger charge is 2.21. The zero-order valence-electron chi connectivity index (χ0n) is 10.2. The lowest BCUT2D eigenvalue weighted by Crippen LogP contribution is -2.19. The van der Waals surface area contributed by atoms with Crippen LogP contribution in [0.15, 0.2) is 18.2 Å². The molecule has 0 aliphatic heterocycles. The number of esters is 1. The summed E-state index contributed by atoms with van der Waals surface area (Å²) in [6, 6.07) is 4.60. The minimum absolute atomic E-state index is 0.0478. The number of phenolic OH excluding ortho intramolecular Hbond substituents is 1. The van der Waals surface area contributed by atoms with E-state index in [1.165, 1.54) is 12.1 Å². The Hall–Kier alpha value is -2.17. The van der Waals surface area contributed by atoms with Gasteiger partial charge in [-0.1, -0.05) is 13.0 Å². The largest absolute Gasteiger partial charge is 0.507 e. The fourth-order valence-corrected chi connectivity index (χ4v) is 1.45. The highest BCUT2D eigenvalue weighted by Crippen LogP contribution is 2.20. The Bertz CT molecular complexity index is 490. The molecule has 0 aliphatic rings. The van der Waals surface area contributed by atoms with Gasteiger partial charge in [0, 0.05) is 0 Å². The molecule has 0 saturated carbocycles. The number of benzene rings is 1. The van der Waals surface area contributed by atoms with E-state index >= 15 is 0 Å². The molecule has 0 aliphatic carbocycles. The molecule has 5 heteroatoms. The van der Waals surface area contributed by atoms with Crippen molar-refractivity contribution in [1.82, 2.24) is 0 Å². The quantitative estimate of drug-likeness (QED) is 0.368. The van der Waals surface area contributed by atoms with Crippen molar-refractivity contribution in [2.45, 2.75) is 19.8 Å². The summed E-state index contributed by atoms with van der Waals surface area (Å²) < 4.78 is 4.22. The van der Waals surface area contributed by atoms with Crippen molar-refractivity contribution in [2.75, 3.05) is 7.11 Å². The van der Waals surface area contributed by atoms with Gasteiger partial charge >= 0.3 is 5.97 Å². The molecule has 1 N–H and O–H groups in total. The number of hydrogen-bond acceptors (Lipinski definition) is 5. The van der Waals surface area contributed by atoms with Gasteiger partial charge in [-0.25, -0.2) is 4.79 Å². The third-order valence-corrected chi connectivity index (χ3v) is 2.50. The molecule has 0 bridgehead atoms. The molecule has 0 radical (unpaired) electrons. The van der Waals surface area contributed by atoms with Crippen LogP contribution in [0.25, 0.3) is 0 Å². The molecule has 0 fully saturated rings. The number of ketones is 2. The number of ether oxygens (including phenoxy) is 1. The lowest BCUT2D eigenvalue weighted by Gasteiger charge is -2.05. The summed E-state index contributed by atoms with van der Waals surface area (Å²) in [7, 11) is 1.07. The van der Waals surface area contributed by atoms with Crippen LogP contribution in [-0.2, 0) is 20.7 Å². The number of phenols is 1. The molecule has 0 aromatic heterocycles. The summed E-state index contributed by atoms with van der Waals surface area (Å²) in [6.07, 6.45) is 0.0961. The van der Waals surface area contributed by atoms with Crippen molar-refractivity contribution in [3.63, 3.8) is 0 Å². The molecular formula is C13H14O5. The number of carbonyl (C=O) groups excluding carboxylic acids is 3. The summed E-state index contributed by atoms with van der Waals surface area (Å²) in [4.78, 5) is 33.9. The van der Waals surface area contributed by atoms with Gasteiger partial charge in [0.2, 0.25) is 5.78 Å². The molecule has 0 amide bonds. The zero-order valence-corrected chi connectivity index (χ0v) is 10.2. The second-order valence-corrected chi connectivity index (χ2v) is 3.72. The standard InChI is InChI=1S/C13H14O5/c1-3-8-4-5-10(14)9(6-8)11(15)7-12(16)13(17)18-2/h4-6,14H,3,7H2,1-2H3. The first-order chi connectivity index (χ1) is 8.49. The number of hydrogen-bond donors (Lipinski definition) is 1. The van der Waals surface area contributed by atoms with Gasteiger partial charge in [0.1, 0.15) is 5.75 Å². The van der Waals surface area contributed by atoms with Gasteiger partial charge in [-0.3, -0.25) is 9.59 Å². The molecule has 5 nitrogen and oxygen atoms in total. The number of rotatable bonds is 5. The van der Waals surface area contributed by atoms with Gasteiger partial charge in [-0.15, -0.1) is 0 Å². The molecule has 0 atom stereocenters. The van der Waals surface area contributed by atoms with Gasteiger partial charge in [-0.05, 0) is 24.1 Å². The molecule has 0 saturated heterocycles. The average Bonchev–Trinajstić information content (AvgIpc) is 2.38. The summed E-state index contributed by atoms with van der Waals surface area (Å²) in [5.74, 6) is -2.79. The topological polar surface area (TPSA) is 80.7 Å². The van der Waals surface area contributed by atoms with E-state index in [-0.39, 0.29) is 11.3 Å². The van der Waals surface area contributed by atoms with Crippen LogP contribution in [0.3, 0.4) is 0 Å². The number of Topliss-reactive ketones (excluding diaryl/α,β-unsaturated/α-hetero) is 2. The maximum atomic E-state index is 11.8. The Morgan fingerprint density at radius 2 is 1.94 bits per heavy atom. The Balaban J connectivity index is 2.90. The SMILES string of the molecule is CCc1ccc(O)c(C(=O)CC(=O)C(=O)OC)c1. The Morgan fingerprint density at radius 3 is 2.50 bits per heavy atom. The van der Waals surface area contributed by atoms with Crippen molar-refractivity contribution in [2.24, 2.45) is 0 Å². The first-order valence-corrected chi connectivity index (χ1v) is 5.45. The summed E-state index contributed by atoms with van der Waals surface area (Å²) >= 11 is 0. The van der Waals surface area contributed by atoms with Crippen molar-refractivity contribution in [3.05, 3.63) is 29.3 Å². The van der Waals surface area contributed by atoms with Crippen molar-refractivity contribution < 1.29 is 24.2 Å². The number of aryl methyl sites for hydroxylation is 1. The maximum Gasteiger partial charge on any atom is 0.374 e. The van der Waals surface area contributed by atoms with E-state index < -0.39 is 24.0 Å². The predicted molar refractivity (Wildman–Crippen MR) is 63.5 cm³/mol. The van der Waals surface area contributed by atoms with Crippen LogP contribution in [-0.4, -0.2) is 29.8 Å². The molecule has 1 aromatic carbocycles. The number of carbonyl (C=O) groups is 3. The van der Waals surface area contributed by atoms with Crippen LogP contribution in [0.4, 0.5) is 0 Å². The third-order valence-electron chi connectivity index (χ3n) is 2.50. The number of methoxy groups -OCH3 is 1. The van der Waals surface area contributed by atoms with Crippen LogP contribution in [0, 0.1) is 0 Å². The van der Waals surface area contributed by atoms with E-state index in [4.69, 9.17) is 0 Å². The first-order valence-electron chi connectivity index (χ1n) is 5.45. The zero-order chi connectivity index (χ0) is 13.7. The molecule has 96 valence electrons. The van der Waals surface area contributed by atoms with Gasteiger partial charge in [0.05, 0.1) is 19.1 Å². The Kier molecular flexibility index (Phi) is 4.59. The van der Waals surface area contributed by atoms with E-state index in [0.29, 0.717) is 6.42 Å². The highest BCUT2D eigenvalue weighted by molar-refractivity contribution is 6.38. The van der Waals surface area contributed by atoms with Gasteiger partial charge in [-0.2, -0.15) is 0 Å². The summed E-state index contributed by atoms with van der Waals surface area (Å²) in [6.45, 7) is 1.90. The van der Waals surface area contributed by atoms with Crippen LogP contribution in [0.2, 0.25) is 0 Å². The number of aromatic hydroxyl groups is 1. The minimum atomic E-state index is -1.06. The summed E-state index contributed by atoms with van der Waals surface area (Å²) in [5, 5.41) is 9.56. The Morgan fingerprint density at radius 1 is 1.28 bits per heavy atom. The van der Waals surface area contributed by atoms with Crippen LogP contribution in [0.5, 0.6) is 5.75 Å².